The highest BCUT2D eigenvalue weighted by Crippen LogP contribution is 2.29. The fourth-order valence-electron chi connectivity index (χ4n) is 1.73. The van der Waals surface area contributed by atoms with Gasteiger partial charge in [-0.3, -0.25) is 0 Å². The van der Waals surface area contributed by atoms with E-state index in [2.05, 4.69) is 32.3 Å². The summed E-state index contributed by atoms with van der Waals surface area (Å²) in [4.78, 5) is 4.51. The average molecular weight is 330 g/mol. The van der Waals surface area contributed by atoms with E-state index in [-0.39, 0.29) is 0 Å². The number of benzene rings is 2. The number of para-hydroxylation sites is 1. The van der Waals surface area contributed by atoms with Gasteiger partial charge in [-0.15, -0.1) is 0 Å². The highest BCUT2D eigenvalue weighted by atomic mass is 79.9. The van der Waals surface area contributed by atoms with Gasteiger partial charge in [-0.2, -0.15) is 5.26 Å². The van der Waals surface area contributed by atoms with Crippen molar-refractivity contribution in [1.29, 1.82) is 5.26 Å². The number of nitrogens with zero attached hydrogens (tertiary/aromatic N) is 2. The van der Waals surface area contributed by atoms with Gasteiger partial charge in [0.1, 0.15) is 6.07 Å². The third-order valence-electron chi connectivity index (χ3n) is 2.63. The first-order valence-electron chi connectivity index (χ1n) is 5.58. The lowest BCUT2D eigenvalue weighted by Gasteiger charge is -2.03. The molecule has 1 aromatic heterocycles. The molecule has 2 aromatic carbocycles. The van der Waals surface area contributed by atoms with Gasteiger partial charge in [0.2, 0.25) is 0 Å². The van der Waals surface area contributed by atoms with E-state index >= 15 is 0 Å². The van der Waals surface area contributed by atoms with Crippen LogP contribution >= 0.6 is 27.3 Å². The van der Waals surface area contributed by atoms with Crippen LogP contribution in [0.25, 0.3) is 10.2 Å². The Hall–Kier alpha value is -1.90. The van der Waals surface area contributed by atoms with E-state index in [0.29, 0.717) is 5.56 Å². The van der Waals surface area contributed by atoms with E-state index in [1.54, 1.807) is 17.4 Å². The molecule has 0 saturated carbocycles. The number of nitriles is 1. The van der Waals surface area contributed by atoms with Gasteiger partial charge >= 0.3 is 0 Å². The monoisotopic (exact) mass is 329 g/mol. The maximum atomic E-state index is 8.88. The van der Waals surface area contributed by atoms with Crippen molar-refractivity contribution >= 4 is 48.3 Å². The van der Waals surface area contributed by atoms with Gasteiger partial charge in [-0.25, -0.2) is 4.98 Å². The van der Waals surface area contributed by atoms with Crippen LogP contribution in [0.3, 0.4) is 0 Å². The summed E-state index contributed by atoms with van der Waals surface area (Å²) in [5.74, 6) is 0. The summed E-state index contributed by atoms with van der Waals surface area (Å²) in [5, 5.41) is 13.0. The Morgan fingerprint density at radius 2 is 2.05 bits per heavy atom. The van der Waals surface area contributed by atoms with Crippen LogP contribution in [-0.4, -0.2) is 4.98 Å². The second kappa shape index (κ2) is 5.00. The van der Waals surface area contributed by atoms with Gasteiger partial charge in [0, 0.05) is 10.2 Å². The van der Waals surface area contributed by atoms with Crippen LogP contribution in [0.1, 0.15) is 5.56 Å². The lowest BCUT2D eigenvalue weighted by atomic mass is 10.2. The predicted molar refractivity (Wildman–Crippen MR) is 81.8 cm³/mol. The first-order valence-corrected chi connectivity index (χ1v) is 7.19. The normalized spacial score (nSPS) is 10.3. The minimum Gasteiger partial charge on any atom is -0.331 e. The van der Waals surface area contributed by atoms with Crippen LogP contribution < -0.4 is 5.32 Å². The zero-order valence-corrected chi connectivity index (χ0v) is 12.1. The molecule has 0 atom stereocenters. The second-order valence-corrected chi connectivity index (χ2v) is 5.80. The fourth-order valence-corrected chi connectivity index (χ4v) is 3.09. The van der Waals surface area contributed by atoms with Crippen molar-refractivity contribution in [2.24, 2.45) is 0 Å². The van der Waals surface area contributed by atoms with E-state index in [1.807, 2.05) is 36.4 Å². The van der Waals surface area contributed by atoms with E-state index < -0.39 is 0 Å². The predicted octanol–water partition coefficient (Wildman–Crippen LogP) is 4.67. The van der Waals surface area contributed by atoms with Crippen LogP contribution in [0.5, 0.6) is 0 Å². The summed E-state index contributed by atoms with van der Waals surface area (Å²) in [7, 11) is 0. The summed E-state index contributed by atoms with van der Waals surface area (Å²) in [5.41, 5.74) is 2.52. The van der Waals surface area contributed by atoms with Crippen LogP contribution in [0.2, 0.25) is 0 Å². The summed E-state index contributed by atoms with van der Waals surface area (Å²) in [6.45, 7) is 0. The fraction of sp³-hybridized carbons (Fsp3) is 0. The number of hydrogen-bond donors (Lipinski definition) is 1. The van der Waals surface area contributed by atoms with Crippen molar-refractivity contribution < 1.29 is 0 Å². The molecule has 0 aliphatic heterocycles. The molecule has 0 saturated heterocycles. The SMILES string of the molecule is N#Cc1ccc(Nc2nc3ccccc3s2)cc1Br. The molecule has 0 aliphatic carbocycles. The van der Waals surface area contributed by atoms with Crippen molar-refractivity contribution in [1.82, 2.24) is 4.98 Å². The maximum absolute atomic E-state index is 8.88. The molecule has 0 fully saturated rings. The van der Waals surface area contributed by atoms with Gasteiger partial charge in [0.15, 0.2) is 5.13 Å². The van der Waals surface area contributed by atoms with Crippen LogP contribution in [0.15, 0.2) is 46.9 Å². The van der Waals surface area contributed by atoms with Gasteiger partial charge in [0.05, 0.1) is 15.8 Å². The van der Waals surface area contributed by atoms with Crippen molar-refractivity contribution in [3.8, 4) is 6.07 Å². The van der Waals surface area contributed by atoms with Crippen LogP contribution in [0.4, 0.5) is 10.8 Å². The largest absolute Gasteiger partial charge is 0.331 e. The second-order valence-electron chi connectivity index (χ2n) is 3.92. The molecule has 5 heteroatoms. The van der Waals surface area contributed by atoms with E-state index in [0.717, 1.165) is 25.5 Å². The quantitative estimate of drug-likeness (QED) is 0.742. The average Bonchev–Trinajstić information content (AvgIpc) is 2.81. The molecule has 0 aliphatic rings. The molecule has 0 amide bonds. The molecule has 0 spiro atoms. The standard InChI is InChI=1S/C14H8BrN3S/c15-11-7-10(6-5-9(11)8-16)17-14-18-12-3-1-2-4-13(12)19-14/h1-7H,(H,17,18). The summed E-state index contributed by atoms with van der Waals surface area (Å²) < 4.78 is 1.93. The zero-order valence-electron chi connectivity index (χ0n) is 9.72. The first-order chi connectivity index (χ1) is 9.26. The number of anilines is 2. The molecule has 3 nitrogen and oxygen atoms in total. The molecular weight excluding hydrogens is 322 g/mol. The lowest BCUT2D eigenvalue weighted by Crippen LogP contribution is -1.89. The molecule has 92 valence electrons. The molecule has 0 bridgehead atoms. The molecular formula is C14H8BrN3S. The van der Waals surface area contributed by atoms with E-state index in [9.17, 15) is 0 Å². The zero-order chi connectivity index (χ0) is 13.2. The highest BCUT2D eigenvalue weighted by molar-refractivity contribution is 9.10. The minimum atomic E-state index is 0.620. The van der Waals surface area contributed by atoms with Crippen molar-refractivity contribution in [2.45, 2.75) is 0 Å². The molecule has 0 unspecified atom stereocenters. The molecule has 0 radical (unpaired) electrons. The number of nitrogens with one attached hydrogen (secondary N) is 1. The first kappa shape index (κ1) is 12.2. The van der Waals surface area contributed by atoms with Crippen molar-refractivity contribution in [2.75, 3.05) is 5.32 Å². The van der Waals surface area contributed by atoms with Crippen molar-refractivity contribution in [3.63, 3.8) is 0 Å². The number of rotatable bonds is 2. The summed E-state index contributed by atoms with van der Waals surface area (Å²) in [6.07, 6.45) is 0. The smallest absolute Gasteiger partial charge is 0.188 e. The van der Waals surface area contributed by atoms with Crippen LogP contribution in [0, 0.1) is 11.3 Å². The molecule has 3 aromatic rings. The Kier molecular flexibility index (Phi) is 3.20. The number of fused-ring (bicyclic) bond motifs is 1. The van der Waals surface area contributed by atoms with Gasteiger partial charge in [0.25, 0.3) is 0 Å². The van der Waals surface area contributed by atoms with Crippen LogP contribution in [-0.2, 0) is 0 Å². The number of thiazole rings is 1. The third-order valence-corrected chi connectivity index (χ3v) is 4.24. The number of hydrogen-bond acceptors (Lipinski definition) is 4. The highest BCUT2D eigenvalue weighted by Gasteiger charge is 2.05. The van der Waals surface area contributed by atoms with Gasteiger partial charge < -0.3 is 5.32 Å². The van der Waals surface area contributed by atoms with Gasteiger partial charge in [-0.1, -0.05) is 23.5 Å². The Bertz CT molecular complexity index is 756. The molecule has 3 rings (SSSR count). The number of halogens is 1. The lowest BCUT2D eigenvalue weighted by molar-refractivity contribution is 1.42. The third kappa shape index (κ3) is 2.46. The molecule has 1 heterocycles. The summed E-state index contributed by atoms with van der Waals surface area (Å²) in [6, 6.07) is 15.7. The van der Waals surface area contributed by atoms with E-state index in [1.165, 1.54) is 0 Å². The van der Waals surface area contributed by atoms with Gasteiger partial charge in [-0.05, 0) is 46.3 Å². The molecule has 1 N–H and O–H groups in total. The Morgan fingerprint density at radius 3 is 2.79 bits per heavy atom. The maximum Gasteiger partial charge on any atom is 0.188 e. The molecule has 19 heavy (non-hydrogen) atoms. The Labute approximate surface area is 122 Å². The Balaban J connectivity index is 1.92. The van der Waals surface area contributed by atoms with E-state index in [4.69, 9.17) is 5.26 Å². The number of aromatic nitrogens is 1. The topological polar surface area (TPSA) is 48.7 Å². The summed E-state index contributed by atoms with van der Waals surface area (Å²) >= 11 is 4.98. The van der Waals surface area contributed by atoms with Crippen molar-refractivity contribution in [3.05, 3.63) is 52.5 Å². The Morgan fingerprint density at radius 1 is 1.21 bits per heavy atom. The minimum absolute atomic E-state index is 0.620.